The number of hydrogen-bond acceptors (Lipinski definition) is 4. The second-order valence-corrected chi connectivity index (χ2v) is 12.6. The van der Waals surface area contributed by atoms with Gasteiger partial charge in [0.1, 0.15) is 5.60 Å². The number of carbonyl (C=O) groups is 2. The monoisotopic (exact) mass is 438 g/mol. The number of hydrogen-bond donors (Lipinski definition) is 0. The molecular weight excluding hydrogens is 388 g/mol. The molecule has 31 heavy (non-hydrogen) atoms. The first kappa shape index (κ1) is 28.0. The number of esters is 2. The van der Waals surface area contributed by atoms with Crippen LogP contribution in [0.5, 0.6) is 0 Å². The van der Waals surface area contributed by atoms with Gasteiger partial charge in [0.05, 0.1) is 5.41 Å². The minimum atomic E-state index is -0.630. The van der Waals surface area contributed by atoms with Crippen molar-refractivity contribution in [2.45, 2.75) is 120 Å². The van der Waals surface area contributed by atoms with Gasteiger partial charge in [-0.1, -0.05) is 68.7 Å². The number of ether oxygens (including phenoxy) is 2. The summed E-state index contributed by atoms with van der Waals surface area (Å²) in [5.41, 5.74) is -0.879. The van der Waals surface area contributed by atoms with Crippen LogP contribution in [0.25, 0.3) is 0 Å². The lowest BCUT2D eigenvalue weighted by Crippen LogP contribution is -2.45. The van der Waals surface area contributed by atoms with Crippen LogP contribution in [0.1, 0.15) is 115 Å². The van der Waals surface area contributed by atoms with E-state index >= 15 is 0 Å². The topological polar surface area (TPSA) is 52.6 Å². The molecule has 0 aromatic rings. The van der Waals surface area contributed by atoms with E-state index in [1.165, 1.54) is 12.8 Å². The maximum absolute atomic E-state index is 13.0. The first-order valence-electron chi connectivity index (χ1n) is 12.4. The molecule has 0 amide bonds. The molecule has 4 atom stereocenters. The lowest BCUT2D eigenvalue weighted by Gasteiger charge is -2.47. The summed E-state index contributed by atoms with van der Waals surface area (Å²) >= 11 is 0. The first-order valence-corrected chi connectivity index (χ1v) is 12.4. The fraction of sp³-hybridized carbons (Fsp3) is 0.926. The molecule has 1 aliphatic carbocycles. The SMILES string of the molecule is CCC(C)(OC(=O)COC(=O)C(C)(CC(C)(C)C)C(C)C)C1CCCC(C)(C(C)C)C1. The molecule has 0 N–H and O–H groups in total. The van der Waals surface area contributed by atoms with Gasteiger partial charge in [0, 0.05) is 0 Å². The van der Waals surface area contributed by atoms with Crippen molar-refractivity contribution in [3.8, 4) is 0 Å². The Labute approximate surface area is 192 Å². The molecule has 0 heterocycles. The zero-order valence-corrected chi connectivity index (χ0v) is 22.3. The highest BCUT2D eigenvalue weighted by Crippen LogP contribution is 2.49. The van der Waals surface area contributed by atoms with Gasteiger partial charge in [0.15, 0.2) is 6.61 Å². The van der Waals surface area contributed by atoms with E-state index in [0.29, 0.717) is 18.3 Å². The van der Waals surface area contributed by atoms with Crippen LogP contribution in [0.4, 0.5) is 0 Å². The van der Waals surface area contributed by atoms with E-state index in [2.05, 4.69) is 55.4 Å². The molecule has 1 fully saturated rings. The van der Waals surface area contributed by atoms with Gasteiger partial charge in [0.2, 0.25) is 0 Å². The molecule has 4 heteroatoms. The van der Waals surface area contributed by atoms with Crippen molar-refractivity contribution >= 4 is 11.9 Å². The van der Waals surface area contributed by atoms with Crippen molar-refractivity contribution in [2.75, 3.05) is 6.61 Å². The number of rotatable bonds is 9. The molecule has 0 saturated heterocycles. The standard InChI is InChI=1S/C27H50O4/c1-12-27(11,21-14-13-15-25(9,16-21)19(2)3)31-22(28)17-30-23(29)26(10,20(4)5)18-24(6,7)8/h19-21H,12-18H2,1-11H3. The van der Waals surface area contributed by atoms with Gasteiger partial charge in [-0.25, -0.2) is 4.79 Å². The molecule has 4 unspecified atom stereocenters. The maximum atomic E-state index is 13.0. The Kier molecular flexibility index (Phi) is 9.25. The normalized spacial score (nSPS) is 26.3. The first-order chi connectivity index (χ1) is 14.0. The fourth-order valence-electron chi connectivity index (χ4n) is 5.20. The summed E-state index contributed by atoms with van der Waals surface area (Å²) in [5.74, 6) is 0.311. The van der Waals surface area contributed by atoms with Gasteiger partial charge < -0.3 is 9.47 Å². The van der Waals surface area contributed by atoms with Crippen LogP contribution >= 0.6 is 0 Å². The van der Waals surface area contributed by atoms with Crippen LogP contribution in [0.15, 0.2) is 0 Å². The minimum Gasteiger partial charge on any atom is -0.457 e. The van der Waals surface area contributed by atoms with Crippen molar-refractivity contribution in [3.63, 3.8) is 0 Å². The Morgan fingerprint density at radius 1 is 1.06 bits per heavy atom. The van der Waals surface area contributed by atoms with E-state index < -0.39 is 17.0 Å². The smallest absolute Gasteiger partial charge is 0.344 e. The summed E-state index contributed by atoms with van der Waals surface area (Å²) in [7, 11) is 0. The quantitative estimate of drug-likeness (QED) is 0.357. The van der Waals surface area contributed by atoms with Crippen molar-refractivity contribution in [2.24, 2.45) is 34.0 Å². The van der Waals surface area contributed by atoms with E-state index in [0.717, 1.165) is 19.3 Å². The van der Waals surface area contributed by atoms with Crippen molar-refractivity contribution in [1.29, 1.82) is 0 Å². The number of carbonyl (C=O) groups excluding carboxylic acids is 2. The van der Waals surface area contributed by atoms with Crippen LogP contribution in [0, 0.1) is 34.0 Å². The molecule has 0 bridgehead atoms. The zero-order chi connectivity index (χ0) is 24.3. The molecular formula is C27H50O4. The second kappa shape index (κ2) is 10.3. The Hall–Kier alpha value is -1.06. The Bertz CT molecular complexity index is 617. The third kappa shape index (κ3) is 7.22. The maximum Gasteiger partial charge on any atom is 0.344 e. The molecule has 4 nitrogen and oxygen atoms in total. The molecule has 1 rings (SSSR count). The molecule has 1 aliphatic rings. The van der Waals surface area contributed by atoms with Gasteiger partial charge in [-0.15, -0.1) is 0 Å². The summed E-state index contributed by atoms with van der Waals surface area (Å²) in [6.07, 6.45) is 6.01. The van der Waals surface area contributed by atoms with Crippen molar-refractivity contribution in [3.05, 3.63) is 0 Å². The molecule has 0 aromatic heterocycles. The van der Waals surface area contributed by atoms with Gasteiger partial charge in [-0.3, -0.25) is 4.79 Å². The summed E-state index contributed by atoms with van der Waals surface area (Å²) in [6.45, 7) is 23.2. The van der Waals surface area contributed by atoms with E-state index in [9.17, 15) is 9.59 Å². The average Bonchev–Trinajstić information content (AvgIpc) is 2.64. The molecule has 0 spiro atoms. The summed E-state index contributed by atoms with van der Waals surface area (Å²) in [4.78, 5) is 25.7. The minimum absolute atomic E-state index is 0.0105. The van der Waals surface area contributed by atoms with E-state index in [1.54, 1.807) is 0 Å². The van der Waals surface area contributed by atoms with Crippen LogP contribution in [-0.2, 0) is 19.1 Å². The Balaban J connectivity index is 2.81. The largest absolute Gasteiger partial charge is 0.457 e. The van der Waals surface area contributed by atoms with Crippen molar-refractivity contribution in [1.82, 2.24) is 0 Å². The summed E-state index contributed by atoms with van der Waals surface area (Å²) in [6, 6.07) is 0. The average molecular weight is 439 g/mol. The Morgan fingerprint density at radius 3 is 2.10 bits per heavy atom. The highest BCUT2D eigenvalue weighted by Gasteiger charge is 2.45. The van der Waals surface area contributed by atoms with Gasteiger partial charge in [-0.05, 0) is 74.5 Å². The lowest BCUT2D eigenvalue weighted by atomic mass is 9.61. The third-order valence-corrected chi connectivity index (χ3v) is 8.28. The molecule has 1 saturated carbocycles. The zero-order valence-electron chi connectivity index (χ0n) is 22.3. The van der Waals surface area contributed by atoms with Crippen molar-refractivity contribution < 1.29 is 19.1 Å². The molecule has 0 radical (unpaired) electrons. The predicted molar refractivity (Wildman–Crippen MR) is 128 cm³/mol. The van der Waals surface area contributed by atoms with Crippen LogP contribution in [0.3, 0.4) is 0 Å². The van der Waals surface area contributed by atoms with E-state index in [1.807, 2.05) is 20.8 Å². The highest BCUT2D eigenvalue weighted by atomic mass is 16.6. The summed E-state index contributed by atoms with van der Waals surface area (Å²) < 4.78 is 11.5. The highest BCUT2D eigenvalue weighted by molar-refractivity contribution is 5.80. The molecule has 0 aromatic carbocycles. The fourth-order valence-corrected chi connectivity index (χ4v) is 5.20. The Morgan fingerprint density at radius 2 is 1.65 bits per heavy atom. The lowest BCUT2D eigenvalue weighted by molar-refractivity contribution is -0.181. The summed E-state index contributed by atoms with van der Waals surface area (Å²) in [5, 5.41) is 0. The van der Waals surface area contributed by atoms with Gasteiger partial charge >= 0.3 is 11.9 Å². The second-order valence-electron chi connectivity index (χ2n) is 12.6. The van der Waals surface area contributed by atoms with Gasteiger partial charge in [0.25, 0.3) is 0 Å². The van der Waals surface area contributed by atoms with Crippen LogP contribution in [-0.4, -0.2) is 24.1 Å². The van der Waals surface area contributed by atoms with Crippen LogP contribution < -0.4 is 0 Å². The molecule has 0 aliphatic heterocycles. The van der Waals surface area contributed by atoms with E-state index in [4.69, 9.17) is 9.47 Å². The van der Waals surface area contributed by atoms with Gasteiger partial charge in [-0.2, -0.15) is 0 Å². The predicted octanol–water partition coefficient (Wildman–Crippen LogP) is 7.19. The van der Waals surface area contributed by atoms with Crippen LogP contribution in [0.2, 0.25) is 0 Å². The third-order valence-electron chi connectivity index (χ3n) is 8.28. The van der Waals surface area contributed by atoms with E-state index in [-0.39, 0.29) is 29.3 Å². The molecule has 182 valence electrons.